The predicted molar refractivity (Wildman–Crippen MR) is 134 cm³/mol. The van der Waals surface area contributed by atoms with Crippen LogP contribution in [-0.4, -0.2) is 68.5 Å². The zero-order valence-electron chi connectivity index (χ0n) is 19.1. The second kappa shape index (κ2) is 14.8. The highest BCUT2D eigenvalue weighted by Crippen LogP contribution is 2.22. The van der Waals surface area contributed by atoms with E-state index in [9.17, 15) is 0 Å². The normalized spacial score (nSPS) is 18.5. The Labute approximate surface area is 204 Å². The molecule has 1 aromatic heterocycles. The van der Waals surface area contributed by atoms with Crippen LogP contribution < -0.4 is 10.1 Å². The molecule has 1 aliphatic carbocycles. The number of piperidine rings is 1. The highest BCUT2D eigenvalue weighted by Gasteiger charge is 2.22. The molecule has 1 saturated carbocycles. The highest BCUT2D eigenvalue weighted by atomic mass is 127. The van der Waals surface area contributed by atoms with Crippen molar-refractivity contribution in [2.45, 2.75) is 70.1 Å². The van der Waals surface area contributed by atoms with Crippen LogP contribution >= 0.6 is 24.0 Å². The second-order valence-corrected chi connectivity index (χ2v) is 8.18. The number of nitrogens with one attached hydrogen (secondary N) is 1. The van der Waals surface area contributed by atoms with Crippen molar-refractivity contribution < 1.29 is 14.2 Å². The van der Waals surface area contributed by atoms with Gasteiger partial charge in [0.05, 0.1) is 6.10 Å². The van der Waals surface area contributed by atoms with E-state index in [-0.39, 0.29) is 24.0 Å². The molecule has 8 heteroatoms. The highest BCUT2D eigenvalue weighted by molar-refractivity contribution is 14.0. The van der Waals surface area contributed by atoms with Crippen molar-refractivity contribution >= 4 is 29.9 Å². The van der Waals surface area contributed by atoms with E-state index in [0.29, 0.717) is 18.8 Å². The SMILES string of the molecule is CN=C(NCc1ccnc(OC2CCCCC2)c1)N1CCC(OCCCOC)CC1.I. The summed E-state index contributed by atoms with van der Waals surface area (Å²) >= 11 is 0. The van der Waals surface area contributed by atoms with E-state index in [1.54, 1.807) is 7.11 Å². The average molecular weight is 546 g/mol. The van der Waals surface area contributed by atoms with Gasteiger partial charge < -0.3 is 24.4 Å². The Hall–Kier alpha value is -1.13. The van der Waals surface area contributed by atoms with E-state index in [0.717, 1.165) is 75.8 Å². The lowest BCUT2D eigenvalue weighted by molar-refractivity contribution is 0.00989. The van der Waals surface area contributed by atoms with Gasteiger partial charge in [0.2, 0.25) is 5.88 Å². The first-order valence-corrected chi connectivity index (χ1v) is 11.5. The van der Waals surface area contributed by atoms with E-state index >= 15 is 0 Å². The number of halogens is 1. The Balaban J connectivity index is 0.00000341. The third-order valence-electron chi connectivity index (χ3n) is 5.89. The number of ether oxygens (including phenoxy) is 3. The Kier molecular flexibility index (Phi) is 12.5. The molecule has 2 aliphatic rings. The van der Waals surface area contributed by atoms with Crippen molar-refractivity contribution in [3.63, 3.8) is 0 Å². The van der Waals surface area contributed by atoms with Gasteiger partial charge in [-0.15, -0.1) is 24.0 Å². The maximum absolute atomic E-state index is 6.10. The van der Waals surface area contributed by atoms with E-state index in [2.05, 4.69) is 26.3 Å². The maximum Gasteiger partial charge on any atom is 0.213 e. The Bertz CT molecular complexity index is 647. The zero-order chi connectivity index (χ0) is 21.0. The number of aliphatic imine (C=N–C) groups is 1. The van der Waals surface area contributed by atoms with Crippen LogP contribution in [0, 0.1) is 0 Å². The molecule has 0 unspecified atom stereocenters. The van der Waals surface area contributed by atoms with Crippen LogP contribution in [0.5, 0.6) is 5.88 Å². The van der Waals surface area contributed by atoms with Gasteiger partial charge in [0.1, 0.15) is 6.10 Å². The summed E-state index contributed by atoms with van der Waals surface area (Å²) in [5.74, 6) is 1.68. The van der Waals surface area contributed by atoms with Gasteiger partial charge in [-0.1, -0.05) is 6.42 Å². The molecule has 31 heavy (non-hydrogen) atoms. The molecule has 0 spiro atoms. The van der Waals surface area contributed by atoms with E-state index in [1.165, 1.54) is 19.3 Å². The number of likely N-dealkylation sites (tertiary alicyclic amines) is 1. The minimum Gasteiger partial charge on any atom is -0.474 e. The molecule has 2 fully saturated rings. The second-order valence-electron chi connectivity index (χ2n) is 8.18. The number of rotatable bonds is 9. The Morgan fingerprint density at radius 3 is 2.61 bits per heavy atom. The first-order valence-electron chi connectivity index (χ1n) is 11.5. The summed E-state index contributed by atoms with van der Waals surface area (Å²) in [5, 5.41) is 3.50. The summed E-state index contributed by atoms with van der Waals surface area (Å²) in [6.07, 6.45) is 11.7. The molecule has 1 aliphatic heterocycles. The number of hydrogen-bond donors (Lipinski definition) is 1. The summed E-state index contributed by atoms with van der Waals surface area (Å²) in [6, 6.07) is 4.09. The quantitative estimate of drug-likeness (QED) is 0.219. The first kappa shape index (κ1) is 26.1. The fourth-order valence-electron chi connectivity index (χ4n) is 4.18. The molecule has 1 saturated heterocycles. The summed E-state index contributed by atoms with van der Waals surface area (Å²) in [5.41, 5.74) is 1.16. The molecule has 176 valence electrons. The fraction of sp³-hybridized carbons (Fsp3) is 0.739. The summed E-state index contributed by atoms with van der Waals surface area (Å²) < 4.78 is 17.1. The number of hydrogen-bond acceptors (Lipinski definition) is 5. The van der Waals surface area contributed by atoms with Gasteiger partial charge in [0.25, 0.3) is 0 Å². The molecule has 0 bridgehead atoms. The topological polar surface area (TPSA) is 68.2 Å². The van der Waals surface area contributed by atoms with Crippen LogP contribution in [-0.2, 0) is 16.0 Å². The van der Waals surface area contributed by atoms with Gasteiger partial charge in [0, 0.05) is 59.3 Å². The molecular weight excluding hydrogens is 507 g/mol. The largest absolute Gasteiger partial charge is 0.474 e. The first-order chi connectivity index (χ1) is 14.8. The third-order valence-corrected chi connectivity index (χ3v) is 5.89. The van der Waals surface area contributed by atoms with Crippen LogP contribution in [0.25, 0.3) is 0 Å². The Morgan fingerprint density at radius 2 is 1.90 bits per heavy atom. The molecule has 7 nitrogen and oxygen atoms in total. The average Bonchev–Trinajstić information content (AvgIpc) is 2.79. The van der Waals surface area contributed by atoms with Gasteiger partial charge in [-0.25, -0.2) is 4.98 Å². The molecule has 1 aromatic rings. The summed E-state index contributed by atoms with van der Waals surface area (Å²) in [7, 11) is 3.58. The maximum atomic E-state index is 6.10. The lowest BCUT2D eigenvalue weighted by atomic mass is 9.98. The van der Waals surface area contributed by atoms with Crippen molar-refractivity contribution in [1.82, 2.24) is 15.2 Å². The lowest BCUT2D eigenvalue weighted by Crippen LogP contribution is -2.46. The molecule has 0 radical (unpaired) electrons. The summed E-state index contributed by atoms with van der Waals surface area (Å²) in [6.45, 7) is 4.17. The van der Waals surface area contributed by atoms with Crippen molar-refractivity contribution in [3.05, 3.63) is 23.9 Å². The number of guanidine groups is 1. The van der Waals surface area contributed by atoms with Gasteiger partial charge in [0.15, 0.2) is 5.96 Å². The smallest absolute Gasteiger partial charge is 0.213 e. The zero-order valence-corrected chi connectivity index (χ0v) is 21.4. The van der Waals surface area contributed by atoms with E-state index in [4.69, 9.17) is 14.2 Å². The molecule has 0 amide bonds. The molecule has 0 atom stereocenters. The Morgan fingerprint density at radius 1 is 1.13 bits per heavy atom. The number of nitrogens with zero attached hydrogens (tertiary/aromatic N) is 3. The van der Waals surface area contributed by atoms with Gasteiger partial charge in [-0.2, -0.15) is 0 Å². The van der Waals surface area contributed by atoms with Crippen LogP contribution in [0.2, 0.25) is 0 Å². The minimum atomic E-state index is 0. The van der Waals surface area contributed by atoms with Gasteiger partial charge in [-0.05, 0) is 56.6 Å². The fourth-order valence-corrected chi connectivity index (χ4v) is 4.18. The van der Waals surface area contributed by atoms with Crippen LogP contribution in [0.3, 0.4) is 0 Å². The van der Waals surface area contributed by atoms with Crippen LogP contribution in [0.1, 0.15) is 56.9 Å². The van der Waals surface area contributed by atoms with Crippen molar-refractivity contribution in [2.75, 3.05) is 40.5 Å². The molecule has 0 aromatic carbocycles. The lowest BCUT2D eigenvalue weighted by Gasteiger charge is -2.34. The number of aromatic nitrogens is 1. The number of methoxy groups -OCH3 is 1. The van der Waals surface area contributed by atoms with Crippen molar-refractivity contribution in [1.29, 1.82) is 0 Å². The van der Waals surface area contributed by atoms with E-state index < -0.39 is 0 Å². The van der Waals surface area contributed by atoms with Crippen LogP contribution in [0.4, 0.5) is 0 Å². The van der Waals surface area contributed by atoms with Gasteiger partial charge >= 0.3 is 0 Å². The molecular formula is C23H39IN4O3. The monoisotopic (exact) mass is 546 g/mol. The number of pyridine rings is 1. The summed E-state index contributed by atoms with van der Waals surface area (Å²) in [4.78, 5) is 11.2. The molecule has 2 heterocycles. The molecule has 1 N–H and O–H groups in total. The van der Waals surface area contributed by atoms with Crippen molar-refractivity contribution in [2.24, 2.45) is 4.99 Å². The molecule has 3 rings (SSSR count). The van der Waals surface area contributed by atoms with Crippen LogP contribution in [0.15, 0.2) is 23.3 Å². The standard InChI is InChI=1S/C23H38N4O3.HI/c1-24-23(27-13-10-20(11-14-27)29-16-6-15-28-2)26-18-19-9-12-25-22(17-19)30-21-7-4-3-5-8-21;/h9,12,17,20-21H,3-8,10-11,13-16,18H2,1-2H3,(H,24,26);1H. The third kappa shape index (κ3) is 9.10. The van der Waals surface area contributed by atoms with E-state index in [1.807, 2.05) is 19.3 Å². The van der Waals surface area contributed by atoms with Crippen molar-refractivity contribution in [3.8, 4) is 5.88 Å². The minimum absolute atomic E-state index is 0. The predicted octanol–water partition coefficient (Wildman–Crippen LogP) is 4.00. The van der Waals surface area contributed by atoms with Gasteiger partial charge in [-0.3, -0.25) is 4.99 Å².